The molecule has 1 saturated carbocycles. The van der Waals surface area contributed by atoms with Crippen molar-refractivity contribution < 1.29 is 4.79 Å². The summed E-state index contributed by atoms with van der Waals surface area (Å²) in [4.78, 5) is 14.0. The van der Waals surface area contributed by atoms with Crippen molar-refractivity contribution in [3.63, 3.8) is 0 Å². The molecule has 0 aromatic heterocycles. The molecule has 1 aromatic rings. The number of benzene rings is 1. The largest absolute Gasteiger partial charge is 0.339 e. The van der Waals surface area contributed by atoms with E-state index in [0.29, 0.717) is 11.8 Å². The molecule has 1 fully saturated rings. The normalized spacial score (nSPS) is 15.6. The highest BCUT2D eigenvalue weighted by atomic mass is 16.2. The zero-order valence-electron chi connectivity index (χ0n) is 11.2. The highest BCUT2D eigenvalue weighted by Crippen LogP contribution is 2.31. The van der Waals surface area contributed by atoms with E-state index in [9.17, 15) is 4.79 Å². The van der Waals surface area contributed by atoms with Gasteiger partial charge in [-0.2, -0.15) is 0 Å². The lowest BCUT2D eigenvalue weighted by molar-refractivity contribution is -0.131. The van der Waals surface area contributed by atoms with Crippen molar-refractivity contribution in [1.29, 1.82) is 0 Å². The first kappa shape index (κ1) is 12.9. The SMILES string of the molecule is CCN(CC(C)=Cc1ccccc1)C(=O)C1CC1. The van der Waals surface area contributed by atoms with E-state index in [2.05, 4.69) is 32.1 Å². The molecule has 0 aliphatic heterocycles. The number of amides is 1. The number of hydrogen-bond donors (Lipinski definition) is 0. The summed E-state index contributed by atoms with van der Waals surface area (Å²) < 4.78 is 0. The average molecular weight is 243 g/mol. The van der Waals surface area contributed by atoms with E-state index < -0.39 is 0 Å². The van der Waals surface area contributed by atoms with Gasteiger partial charge in [-0.15, -0.1) is 0 Å². The van der Waals surface area contributed by atoms with E-state index in [-0.39, 0.29) is 0 Å². The first-order valence-electron chi connectivity index (χ1n) is 6.71. The van der Waals surface area contributed by atoms with Gasteiger partial charge in [0.15, 0.2) is 0 Å². The van der Waals surface area contributed by atoms with E-state index >= 15 is 0 Å². The van der Waals surface area contributed by atoms with Crippen molar-refractivity contribution in [3.05, 3.63) is 41.5 Å². The molecule has 1 amide bonds. The predicted octanol–water partition coefficient (Wildman–Crippen LogP) is 3.35. The summed E-state index contributed by atoms with van der Waals surface area (Å²) in [6.45, 7) is 5.70. The first-order valence-corrected chi connectivity index (χ1v) is 6.71. The Morgan fingerprint density at radius 1 is 1.33 bits per heavy atom. The summed E-state index contributed by atoms with van der Waals surface area (Å²) in [5.41, 5.74) is 2.43. The summed E-state index contributed by atoms with van der Waals surface area (Å²) >= 11 is 0. The monoisotopic (exact) mass is 243 g/mol. The topological polar surface area (TPSA) is 20.3 Å². The molecule has 1 aromatic carbocycles. The second-order valence-corrected chi connectivity index (χ2v) is 5.03. The number of carbonyl (C=O) groups excluding carboxylic acids is 1. The fourth-order valence-corrected chi connectivity index (χ4v) is 2.11. The molecule has 18 heavy (non-hydrogen) atoms. The van der Waals surface area contributed by atoms with Crippen LogP contribution in [-0.2, 0) is 4.79 Å². The molecule has 0 spiro atoms. The predicted molar refractivity (Wildman–Crippen MR) is 75.1 cm³/mol. The molecule has 2 heteroatoms. The van der Waals surface area contributed by atoms with Gasteiger partial charge in [-0.1, -0.05) is 42.0 Å². The zero-order valence-corrected chi connectivity index (χ0v) is 11.2. The maximum Gasteiger partial charge on any atom is 0.225 e. The molecule has 0 saturated heterocycles. The molecule has 0 heterocycles. The Kier molecular flexibility index (Phi) is 4.19. The molecular weight excluding hydrogens is 222 g/mol. The van der Waals surface area contributed by atoms with E-state index in [1.54, 1.807) is 0 Å². The van der Waals surface area contributed by atoms with Crippen LogP contribution in [0.5, 0.6) is 0 Å². The number of hydrogen-bond acceptors (Lipinski definition) is 1. The van der Waals surface area contributed by atoms with Crippen LogP contribution in [0.25, 0.3) is 6.08 Å². The van der Waals surface area contributed by atoms with Crippen LogP contribution < -0.4 is 0 Å². The summed E-state index contributed by atoms with van der Waals surface area (Å²) in [7, 11) is 0. The Bertz CT molecular complexity index is 432. The summed E-state index contributed by atoms with van der Waals surface area (Å²) in [6, 6.07) is 10.3. The Labute approximate surface area is 109 Å². The molecule has 0 atom stereocenters. The van der Waals surface area contributed by atoms with Crippen LogP contribution in [0.3, 0.4) is 0 Å². The number of rotatable bonds is 5. The van der Waals surface area contributed by atoms with Gasteiger partial charge >= 0.3 is 0 Å². The van der Waals surface area contributed by atoms with Gasteiger partial charge in [-0.3, -0.25) is 4.79 Å². The van der Waals surface area contributed by atoms with Crippen molar-refractivity contribution in [3.8, 4) is 0 Å². The maximum absolute atomic E-state index is 12.0. The van der Waals surface area contributed by atoms with E-state index in [0.717, 1.165) is 25.9 Å². The smallest absolute Gasteiger partial charge is 0.225 e. The standard InChI is InChI=1S/C16H21NO/c1-3-17(16(18)15-9-10-15)12-13(2)11-14-7-5-4-6-8-14/h4-8,11,15H,3,9-10,12H2,1-2H3. The number of nitrogens with zero attached hydrogens (tertiary/aromatic N) is 1. The van der Waals surface area contributed by atoms with Gasteiger partial charge in [0.1, 0.15) is 0 Å². The lowest BCUT2D eigenvalue weighted by atomic mass is 10.1. The molecule has 0 radical (unpaired) electrons. The zero-order chi connectivity index (χ0) is 13.0. The van der Waals surface area contributed by atoms with Crippen LogP contribution >= 0.6 is 0 Å². The minimum absolute atomic E-state index is 0.314. The van der Waals surface area contributed by atoms with E-state index in [1.807, 2.05) is 23.1 Å². The minimum atomic E-state index is 0.314. The molecular formula is C16H21NO. The second-order valence-electron chi connectivity index (χ2n) is 5.03. The molecule has 0 bridgehead atoms. The van der Waals surface area contributed by atoms with Gasteiger partial charge in [0.05, 0.1) is 0 Å². The summed E-state index contributed by atoms with van der Waals surface area (Å²) in [5, 5.41) is 0. The Balaban J connectivity index is 1.98. The summed E-state index contributed by atoms with van der Waals surface area (Å²) in [6.07, 6.45) is 4.32. The Morgan fingerprint density at radius 3 is 2.56 bits per heavy atom. The van der Waals surface area contributed by atoms with Gasteiger partial charge in [0, 0.05) is 19.0 Å². The van der Waals surface area contributed by atoms with Crippen LogP contribution in [0, 0.1) is 5.92 Å². The van der Waals surface area contributed by atoms with Crippen LogP contribution in [-0.4, -0.2) is 23.9 Å². The third kappa shape index (κ3) is 3.46. The molecule has 1 aliphatic rings. The van der Waals surface area contributed by atoms with Gasteiger partial charge in [0.25, 0.3) is 0 Å². The van der Waals surface area contributed by atoms with Crippen LogP contribution in [0.1, 0.15) is 32.3 Å². The third-order valence-electron chi connectivity index (χ3n) is 3.27. The molecule has 0 N–H and O–H groups in total. The first-order chi connectivity index (χ1) is 8.70. The highest BCUT2D eigenvalue weighted by molar-refractivity contribution is 5.81. The Hall–Kier alpha value is -1.57. The molecule has 96 valence electrons. The van der Waals surface area contributed by atoms with Crippen LogP contribution in [0.15, 0.2) is 35.9 Å². The Morgan fingerprint density at radius 2 is 2.00 bits per heavy atom. The third-order valence-corrected chi connectivity index (χ3v) is 3.27. The van der Waals surface area contributed by atoms with Gasteiger partial charge in [-0.25, -0.2) is 0 Å². The van der Waals surface area contributed by atoms with E-state index in [4.69, 9.17) is 0 Å². The number of carbonyl (C=O) groups is 1. The van der Waals surface area contributed by atoms with Crippen LogP contribution in [0.4, 0.5) is 0 Å². The number of likely N-dealkylation sites (N-methyl/N-ethyl adjacent to an activating group) is 1. The molecule has 1 aliphatic carbocycles. The van der Waals surface area contributed by atoms with Crippen molar-refractivity contribution in [2.45, 2.75) is 26.7 Å². The molecule has 2 rings (SSSR count). The molecule has 2 nitrogen and oxygen atoms in total. The quantitative estimate of drug-likeness (QED) is 0.776. The average Bonchev–Trinajstić information content (AvgIpc) is 3.20. The van der Waals surface area contributed by atoms with Crippen LogP contribution in [0.2, 0.25) is 0 Å². The lowest BCUT2D eigenvalue weighted by Crippen LogP contribution is -2.33. The van der Waals surface area contributed by atoms with Crippen molar-refractivity contribution in [2.24, 2.45) is 5.92 Å². The van der Waals surface area contributed by atoms with Gasteiger partial charge in [0.2, 0.25) is 5.91 Å². The minimum Gasteiger partial charge on any atom is -0.339 e. The summed E-state index contributed by atoms with van der Waals surface area (Å²) in [5.74, 6) is 0.646. The fourth-order valence-electron chi connectivity index (χ4n) is 2.11. The fraction of sp³-hybridized carbons (Fsp3) is 0.438. The molecule has 0 unspecified atom stereocenters. The van der Waals surface area contributed by atoms with Crippen molar-refractivity contribution >= 4 is 12.0 Å². The lowest BCUT2D eigenvalue weighted by Gasteiger charge is -2.21. The highest BCUT2D eigenvalue weighted by Gasteiger charge is 2.32. The van der Waals surface area contributed by atoms with Gasteiger partial charge < -0.3 is 4.90 Å². The van der Waals surface area contributed by atoms with Crippen molar-refractivity contribution in [1.82, 2.24) is 4.90 Å². The van der Waals surface area contributed by atoms with Gasteiger partial charge in [-0.05, 0) is 32.3 Å². The second kappa shape index (κ2) is 5.85. The van der Waals surface area contributed by atoms with Crippen molar-refractivity contribution in [2.75, 3.05) is 13.1 Å². The van der Waals surface area contributed by atoms with E-state index in [1.165, 1.54) is 11.1 Å². The maximum atomic E-state index is 12.0.